The Morgan fingerprint density at radius 1 is 1.17 bits per heavy atom. The number of hydrogen-bond donors (Lipinski definition) is 0. The Balaban J connectivity index is 1.78. The maximum absolute atomic E-state index is 12.3. The first-order valence-electron chi connectivity index (χ1n) is 8.58. The molecule has 4 heteroatoms. The quantitative estimate of drug-likeness (QED) is 0.278. The Labute approximate surface area is 139 Å². The van der Waals surface area contributed by atoms with Crippen LogP contribution in [-0.4, -0.2) is 25.3 Å². The Kier molecular flexibility index (Phi) is 6.46. The number of epoxide rings is 1. The van der Waals surface area contributed by atoms with Crippen LogP contribution in [0.25, 0.3) is 0 Å². The van der Waals surface area contributed by atoms with Gasteiger partial charge in [0.25, 0.3) is 0 Å². The number of rotatable bonds is 10. The predicted octanol–water partition coefficient (Wildman–Crippen LogP) is 4.37. The standard InChI is InChI=1S/C19H28O4/c1-4-5-6-7-12-19(2,3)18(20)23-16-10-8-15(9-11-16)21-13-17-14-22-17/h8-11,17H,4-7,12-14H2,1-3H3. The van der Waals surface area contributed by atoms with Gasteiger partial charge in [0.15, 0.2) is 0 Å². The lowest BCUT2D eigenvalue weighted by molar-refractivity contribution is -0.144. The molecule has 1 aliphatic rings. The molecule has 1 aromatic carbocycles. The summed E-state index contributed by atoms with van der Waals surface area (Å²) in [5.41, 5.74) is -0.452. The molecule has 1 aliphatic heterocycles. The van der Waals surface area contributed by atoms with Crippen LogP contribution in [0.15, 0.2) is 24.3 Å². The molecule has 128 valence electrons. The van der Waals surface area contributed by atoms with E-state index in [0.29, 0.717) is 12.4 Å². The predicted molar refractivity (Wildman–Crippen MR) is 89.9 cm³/mol. The normalized spacial score (nSPS) is 16.9. The SMILES string of the molecule is CCCCCCC(C)(C)C(=O)Oc1ccc(OCC2CO2)cc1. The molecule has 0 radical (unpaired) electrons. The number of carbonyl (C=O) groups excluding carboxylic acids is 1. The summed E-state index contributed by atoms with van der Waals surface area (Å²) >= 11 is 0. The van der Waals surface area contributed by atoms with E-state index in [1.807, 2.05) is 26.0 Å². The Hall–Kier alpha value is -1.55. The van der Waals surface area contributed by atoms with Crippen LogP contribution >= 0.6 is 0 Å². The summed E-state index contributed by atoms with van der Waals surface area (Å²) in [6.45, 7) is 7.44. The highest BCUT2D eigenvalue weighted by Crippen LogP contribution is 2.27. The molecule has 0 N–H and O–H groups in total. The highest BCUT2D eigenvalue weighted by Gasteiger charge is 2.29. The summed E-state index contributed by atoms with van der Waals surface area (Å²) in [4.78, 5) is 12.3. The van der Waals surface area contributed by atoms with Crippen molar-refractivity contribution in [3.8, 4) is 11.5 Å². The van der Waals surface area contributed by atoms with Gasteiger partial charge in [-0.15, -0.1) is 0 Å². The Morgan fingerprint density at radius 3 is 2.43 bits per heavy atom. The molecule has 23 heavy (non-hydrogen) atoms. The van der Waals surface area contributed by atoms with Crippen LogP contribution in [0.3, 0.4) is 0 Å². The van der Waals surface area contributed by atoms with Crippen molar-refractivity contribution >= 4 is 5.97 Å². The summed E-state index contributed by atoms with van der Waals surface area (Å²) < 4.78 is 16.2. The highest BCUT2D eigenvalue weighted by molar-refractivity contribution is 5.78. The van der Waals surface area contributed by atoms with Crippen LogP contribution < -0.4 is 9.47 Å². The molecule has 0 saturated carbocycles. The molecule has 0 aliphatic carbocycles. The van der Waals surface area contributed by atoms with Gasteiger partial charge in [-0.3, -0.25) is 4.79 Å². The lowest BCUT2D eigenvalue weighted by atomic mass is 9.87. The van der Waals surface area contributed by atoms with Crippen molar-refractivity contribution in [3.63, 3.8) is 0 Å². The molecule has 1 atom stereocenters. The Bertz CT molecular complexity index is 489. The summed E-state index contributed by atoms with van der Waals surface area (Å²) in [6, 6.07) is 7.18. The molecule has 1 aromatic rings. The lowest BCUT2D eigenvalue weighted by Crippen LogP contribution is -2.29. The van der Waals surface area contributed by atoms with Gasteiger partial charge < -0.3 is 14.2 Å². The minimum absolute atomic E-state index is 0.172. The molecule has 0 spiro atoms. The fourth-order valence-electron chi connectivity index (χ4n) is 2.30. The van der Waals surface area contributed by atoms with Crippen molar-refractivity contribution < 1.29 is 19.0 Å². The topological polar surface area (TPSA) is 48.1 Å². The summed E-state index contributed by atoms with van der Waals surface area (Å²) in [5.74, 6) is 1.15. The molecule has 0 bridgehead atoms. The van der Waals surface area contributed by atoms with Gasteiger partial charge in [0.2, 0.25) is 0 Å². The number of carbonyl (C=O) groups is 1. The van der Waals surface area contributed by atoms with Gasteiger partial charge in [-0.25, -0.2) is 0 Å². The molecule has 4 nitrogen and oxygen atoms in total. The molecule has 1 unspecified atom stereocenters. The summed E-state index contributed by atoms with van der Waals surface area (Å²) in [5, 5.41) is 0. The second-order valence-corrected chi connectivity index (χ2v) is 6.82. The van der Waals surface area contributed by atoms with Gasteiger partial charge in [-0.2, -0.15) is 0 Å². The number of hydrogen-bond acceptors (Lipinski definition) is 4. The third kappa shape index (κ3) is 6.22. The monoisotopic (exact) mass is 320 g/mol. The van der Waals surface area contributed by atoms with Crippen molar-refractivity contribution in [2.24, 2.45) is 5.41 Å². The first-order valence-corrected chi connectivity index (χ1v) is 8.58. The number of ether oxygens (including phenoxy) is 3. The van der Waals surface area contributed by atoms with Crippen molar-refractivity contribution in [1.29, 1.82) is 0 Å². The van der Waals surface area contributed by atoms with Gasteiger partial charge in [0.1, 0.15) is 24.2 Å². The van der Waals surface area contributed by atoms with E-state index in [4.69, 9.17) is 14.2 Å². The molecule has 1 heterocycles. The molecular weight excluding hydrogens is 292 g/mol. The van der Waals surface area contributed by atoms with Crippen molar-refractivity contribution in [2.75, 3.05) is 13.2 Å². The highest BCUT2D eigenvalue weighted by atomic mass is 16.6. The largest absolute Gasteiger partial charge is 0.491 e. The molecule has 1 fully saturated rings. The van der Waals surface area contributed by atoms with Gasteiger partial charge in [0, 0.05) is 0 Å². The van der Waals surface area contributed by atoms with E-state index in [1.165, 1.54) is 19.3 Å². The average Bonchev–Trinajstić information content (AvgIpc) is 3.35. The zero-order valence-corrected chi connectivity index (χ0v) is 14.5. The lowest BCUT2D eigenvalue weighted by Gasteiger charge is -2.22. The minimum atomic E-state index is -0.452. The van der Waals surface area contributed by atoms with E-state index in [0.717, 1.165) is 25.2 Å². The van der Waals surface area contributed by atoms with E-state index < -0.39 is 5.41 Å². The third-order valence-corrected chi connectivity index (χ3v) is 4.08. The second-order valence-electron chi connectivity index (χ2n) is 6.82. The van der Waals surface area contributed by atoms with Crippen molar-refractivity contribution in [1.82, 2.24) is 0 Å². The van der Waals surface area contributed by atoms with Gasteiger partial charge in [0.05, 0.1) is 12.0 Å². The smallest absolute Gasteiger partial charge is 0.316 e. The van der Waals surface area contributed by atoms with Crippen molar-refractivity contribution in [2.45, 2.75) is 59.0 Å². The van der Waals surface area contributed by atoms with Crippen LogP contribution in [0.5, 0.6) is 11.5 Å². The van der Waals surface area contributed by atoms with E-state index in [-0.39, 0.29) is 12.1 Å². The third-order valence-electron chi connectivity index (χ3n) is 4.08. The summed E-state index contributed by atoms with van der Waals surface area (Å²) in [6.07, 6.45) is 5.75. The molecule has 0 amide bonds. The summed E-state index contributed by atoms with van der Waals surface area (Å²) in [7, 11) is 0. The number of benzene rings is 1. The first kappa shape index (κ1) is 17.8. The molecular formula is C19H28O4. The molecule has 2 rings (SSSR count). The number of unbranched alkanes of at least 4 members (excludes halogenated alkanes) is 3. The maximum Gasteiger partial charge on any atom is 0.316 e. The fraction of sp³-hybridized carbons (Fsp3) is 0.632. The van der Waals surface area contributed by atoms with E-state index in [1.54, 1.807) is 12.1 Å². The zero-order chi connectivity index (χ0) is 16.7. The molecule has 1 saturated heterocycles. The maximum atomic E-state index is 12.3. The van der Waals surface area contributed by atoms with Crippen LogP contribution in [-0.2, 0) is 9.53 Å². The van der Waals surface area contributed by atoms with Crippen molar-refractivity contribution in [3.05, 3.63) is 24.3 Å². The van der Waals surface area contributed by atoms with Crippen LogP contribution in [0, 0.1) is 5.41 Å². The minimum Gasteiger partial charge on any atom is -0.491 e. The van der Waals surface area contributed by atoms with Gasteiger partial charge >= 0.3 is 5.97 Å². The molecule has 0 aromatic heterocycles. The Morgan fingerprint density at radius 2 is 1.83 bits per heavy atom. The van der Waals surface area contributed by atoms with E-state index in [2.05, 4.69) is 6.92 Å². The van der Waals surface area contributed by atoms with E-state index in [9.17, 15) is 4.79 Å². The van der Waals surface area contributed by atoms with Crippen LogP contribution in [0.2, 0.25) is 0 Å². The first-order chi connectivity index (χ1) is 11.0. The van der Waals surface area contributed by atoms with Gasteiger partial charge in [-0.1, -0.05) is 32.6 Å². The van der Waals surface area contributed by atoms with Gasteiger partial charge in [-0.05, 0) is 44.5 Å². The number of esters is 1. The van der Waals surface area contributed by atoms with Crippen LogP contribution in [0.4, 0.5) is 0 Å². The zero-order valence-electron chi connectivity index (χ0n) is 14.5. The van der Waals surface area contributed by atoms with E-state index >= 15 is 0 Å². The second kappa shape index (κ2) is 8.34. The fourth-order valence-corrected chi connectivity index (χ4v) is 2.30. The van der Waals surface area contributed by atoms with Crippen LogP contribution in [0.1, 0.15) is 52.9 Å². The average molecular weight is 320 g/mol.